The van der Waals surface area contributed by atoms with Crippen molar-refractivity contribution in [3.8, 4) is 5.75 Å². The number of methoxy groups -OCH3 is 1. The van der Waals surface area contributed by atoms with Gasteiger partial charge in [0.1, 0.15) is 11.8 Å². The fourth-order valence-corrected chi connectivity index (χ4v) is 4.04. The van der Waals surface area contributed by atoms with Crippen molar-refractivity contribution in [1.29, 1.82) is 0 Å². The van der Waals surface area contributed by atoms with Gasteiger partial charge >= 0.3 is 0 Å². The van der Waals surface area contributed by atoms with Crippen LogP contribution in [0.3, 0.4) is 0 Å². The van der Waals surface area contributed by atoms with E-state index in [9.17, 15) is 14.4 Å². The Kier molecular flexibility index (Phi) is 7.94. The number of nitrogens with two attached hydrogens (primary N) is 1. The summed E-state index contributed by atoms with van der Waals surface area (Å²) >= 11 is 0. The standard InChI is InChI=1S/C24H30N4O4/c1-16(29)20(14-17-9-11-26-12-10-17)27-24(31)21-7-5-13-28(21)23(30)15-19(25)18-6-3-4-8-22(18)32-2/h3-4,6,8-12,19-21H,5,7,13-15,25H2,1-2H3,(H,27,31)/t19-,20-,21-/m0/s1. The summed E-state index contributed by atoms with van der Waals surface area (Å²) < 4.78 is 5.34. The minimum Gasteiger partial charge on any atom is -0.496 e. The Morgan fingerprint density at radius 1 is 1.22 bits per heavy atom. The summed E-state index contributed by atoms with van der Waals surface area (Å²) in [6.45, 7) is 1.95. The maximum atomic E-state index is 13.0. The molecule has 0 spiro atoms. The van der Waals surface area contributed by atoms with Gasteiger partial charge in [-0.3, -0.25) is 19.4 Å². The zero-order valence-corrected chi connectivity index (χ0v) is 18.5. The topological polar surface area (TPSA) is 115 Å². The number of carbonyl (C=O) groups excluding carboxylic acids is 3. The Balaban J connectivity index is 1.65. The largest absolute Gasteiger partial charge is 0.496 e. The summed E-state index contributed by atoms with van der Waals surface area (Å²) in [4.78, 5) is 43.7. The first-order chi connectivity index (χ1) is 15.4. The van der Waals surface area contributed by atoms with Crippen LogP contribution in [0.4, 0.5) is 0 Å². The van der Waals surface area contributed by atoms with Crippen molar-refractivity contribution in [2.75, 3.05) is 13.7 Å². The molecular weight excluding hydrogens is 408 g/mol. The van der Waals surface area contributed by atoms with E-state index in [1.165, 1.54) is 6.92 Å². The number of para-hydroxylation sites is 1. The van der Waals surface area contributed by atoms with E-state index < -0.39 is 18.1 Å². The molecule has 170 valence electrons. The van der Waals surface area contributed by atoms with Crippen LogP contribution in [-0.4, -0.2) is 53.2 Å². The zero-order valence-electron chi connectivity index (χ0n) is 18.5. The number of likely N-dealkylation sites (tertiary alicyclic amines) is 1. The van der Waals surface area contributed by atoms with Crippen LogP contribution in [0.15, 0.2) is 48.8 Å². The lowest BCUT2D eigenvalue weighted by molar-refractivity contribution is -0.139. The highest BCUT2D eigenvalue weighted by Crippen LogP contribution is 2.27. The number of hydrogen-bond donors (Lipinski definition) is 2. The number of benzene rings is 1. The summed E-state index contributed by atoms with van der Waals surface area (Å²) in [6, 6.07) is 9.15. The van der Waals surface area contributed by atoms with E-state index >= 15 is 0 Å². The number of hydrogen-bond acceptors (Lipinski definition) is 6. The monoisotopic (exact) mass is 438 g/mol. The van der Waals surface area contributed by atoms with Gasteiger partial charge in [-0.05, 0) is 49.9 Å². The van der Waals surface area contributed by atoms with Crippen LogP contribution in [0.1, 0.15) is 43.4 Å². The minimum atomic E-state index is -0.654. The number of ether oxygens (including phenoxy) is 1. The smallest absolute Gasteiger partial charge is 0.243 e. The van der Waals surface area contributed by atoms with Crippen LogP contribution in [0.5, 0.6) is 5.75 Å². The lowest BCUT2D eigenvalue weighted by Crippen LogP contribution is -2.51. The van der Waals surface area contributed by atoms with Gasteiger partial charge in [-0.2, -0.15) is 0 Å². The van der Waals surface area contributed by atoms with Crippen molar-refractivity contribution in [2.45, 2.75) is 50.7 Å². The summed E-state index contributed by atoms with van der Waals surface area (Å²) in [6.07, 6.45) is 5.03. The molecule has 1 fully saturated rings. The van der Waals surface area contributed by atoms with Crippen LogP contribution >= 0.6 is 0 Å². The van der Waals surface area contributed by atoms with E-state index in [1.807, 2.05) is 30.3 Å². The predicted molar refractivity (Wildman–Crippen MR) is 120 cm³/mol. The van der Waals surface area contributed by atoms with Crippen LogP contribution in [0.25, 0.3) is 0 Å². The molecule has 2 amide bonds. The first-order valence-corrected chi connectivity index (χ1v) is 10.8. The van der Waals surface area contributed by atoms with Crippen molar-refractivity contribution in [3.63, 3.8) is 0 Å². The molecule has 0 saturated carbocycles. The van der Waals surface area contributed by atoms with Gasteiger partial charge in [0, 0.05) is 37.0 Å². The van der Waals surface area contributed by atoms with E-state index in [2.05, 4.69) is 10.3 Å². The third-order valence-electron chi connectivity index (χ3n) is 5.81. The number of carbonyl (C=O) groups is 3. The molecule has 1 aromatic heterocycles. The van der Waals surface area contributed by atoms with Gasteiger partial charge < -0.3 is 20.7 Å². The van der Waals surface area contributed by atoms with E-state index in [0.29, 0.717) is 25.1 Å². The van der Waals surface area contributed by atoms with Gasteiger partial charge in [0.2, 0.25) is 11.8 Å². The molecule has 3 rings (SSSR count). The molecule has 8 heteroatoms. The second kappa shape index (κ2) is 10.9. The number of Topliss-reactive ketones (excluding diaryl/α,β-unsaturated/α-hetero) is 1. The van der Waals surface area contributed by atoms with Gasteiger partial charge in [-0.15, -0.1) is 0 Å². The van der Waals surface area contributed by atoms with Crippen molar-refractivity contribution < 1.29 is 19.1 Å². The maximum absolute atomic E-state index is 13.0. The summed E-state index contributed by atoms with van der Waals surface area (Å²) in [7, 11) is 1.56. The fourth-order valence-electron chi connectivity index (χ4n) is 4.04. The van der Waals surface area contributed by atoms with Crippen LogP contribution in [0.2, 0.25) is 0 Å². The molecule has 0 unspecified atom stereocenters. The number of aromatic nitrogens is 1. The highest BCUT2D eigenvalue weighted by atomic mass is 16.5. The predicted octanol–water partition coefficient (Wildman–Crippen LogP) is 1.79. The van der Waals surface area contributed by atoms with Crippen molar-refractivity contribution in [3.05, 3.63) is 59.9 Å². The average molecular weight is 439 g/mol. The first-order valence-electron chi connectivity index (χ1n) is 10.8. The van der Waals surface area contributed by atoms with Crippen molar-refractivity contribution in [2.24, 2.45) is 5.73 Å². The Morgan fingerprint density at radius 3 is 2.62 bits per heavy atom. The summed E-state index contributed by atoms with van der Waals surface area (Å²) in [5, 5.41) is 2.84. The zero-order chi connectivity index (χ0) is 23.1. The Hall–Kier alpha value is -3.26. The summed E-state index contributed by atoms with van der Waals surface area (Å²) in [5.41, 5.74) is 7.94. The number of amides is 2. The molecule has 0 aliphatic carbocycles. The first kappa shape index (κ1) is 23.4. The van der Waals surface area contributed by atoms with E-state index in [-0.39, 0.29) is 24.0 Å². The third kappa shape index (κ3) is 5.70. The molecule has 2 aromatic rings. The highest BCUT2D eigenvalue weighted by Gasteiger charge is 2.36. The van der Waals surface area contributed by atoms with Crippen LogP contribution in [-0.2, 0) is 20.8 Å². The lowest BCUT2D eigenvalue weighted by atomic mass is 10.0. The highest BCUT2D eigenvalue weighted by molar-refractivity contribution is 5.92. The van der Waals surface area contributed by atoms with E-state index in [0.717, 1.165) is 17.5 Å². The molecule has 1 aliphatic heterocycles. The number of nitrogens with one attached hydrogen (secondary N) is 1. The van der Waals surface area contributed by atoms with Crippen molar-refractivity contribution in [1.82, 2.24) is 15.2 Å². The van der Waals surface area contributed by atoms with Gasteiger partial charge in [0.25, 0.3) is 0 Å². The molecular formula is C24H30N4O4. The van der Waals surface area contributed by atoms with Gasteiger partial charge in [-0.1, -0.05) is 18.2 Å². The molecule has 0 radical (unpaired) electrons. The Morgan fingerprint density at radius 2 is 1.94 bits per heavy atom. The molecule has 2 heterocycles. The molecule has 32 heavy (non-hydrogen) atoms. The van der Waals surface area contributed by atoms with Crippen LogP contribution in [0, 0.1) is 0 Å². The number of nitrogens with zero attached hydrogens (tertiary/aromatic N) is 2. The molecule has 3 N–H and O–H groups in total. The maximum Gasteiger partial charge on any atom is 0.243 e. The van der Waals surface area contributed by atoms with Gasteiger partial charge in [0.15, 0.2) is 5.78 Å². The number of rotatable bonds is 9. The average Bonchev–Trinajstić information content (AvgIpc) is 3.29. The Labute approximate surface area is 188 Å². The molecule has 1 aromatic carbocycles. The molecule has 3 atom stereocenters. The van der Waals surface area contributed by atoms with E-state index in [1.54, 1.807) is 30.5 Å². The van der Waals surface area contributed by atoms with Crippen molar-refractivity contribution >= 4 is 17.6 Å². The Bertz CT molecular complexity index is 950. The van der Waals surface area contributed by atoms with E-state index in [4.69, 9.17) is 10.5 Å². The van der Waals surface area contributed by atoms with Crippen LogP contribution < -0.4 is 15.8 Å². The van der Waals surface area contributed by atoms with Gasteiger partial charge in [-0.25, -0.2) is 0 Å². The SMILES string of the molecule is COc1ccccc1[C@@H](N)CC(=O)N1CCC[C@H]1C(=O)N[C@@H](Cc1ccncc1)C(C)=O. The molecule has 1 saturated heterocycles. The molecule has 1 aliphatic rings. The second-order valence-electron chi connectivity index (χ2n) is 8.03. The fraction of sp³-hybridized carbons (Fsp3) is 0.417. The molecule has 8 nitrogen and oxygen atoms in total. The lowest BCUT2D eigenvalue weighted by Gasteiger charge is -2.27. The normalized spacial score (nSPS) is 17.5. The summed E-state index contributed by atoms with van der Waals surface area (Å²) in [5.74, 6) is -0.00121. The quantitative estimate of drug-likeness (QED) is 0.617. The van der Waals surface area contributed by atoms with Gasteiger partial charge in [0.05, 0.1) is 13.2 Å². The second-order valence-corrected chi connectivity index (χ2v) is 8.03. The number of ketones is 1. The minimum absolute atomic E-state index is 0.0668. The number of pyridine rings is 1. The third-order valence-corrected chi connectivity index (χ3v) is 5.81. The molecule has 0 bridgehead atoms.